The Balaban J connectivity index is 1.80. The molecule has 2 aromatic rings. The second-order valence-electron chi connectivity index (χ2n) is 6.16. The molecule has 4 nitrogen and oxygen atoms in total. The highest BCUT2D eigenvalue weighted by atomic mass is 16.4. The van der Waals surface area contributed by atoms with Crippen LogP contribution in [0.3, 0.4) is 0 Å². The third-order valence-corrected chi connectivity index (χ3v) is 4.64. The highest BCUT2D eigenvalue weighted by Gasteiger charge is 2.37. The van der Waals surface area contributed by atoms with Crippen molar-refractivity contribution in [3.63, 3.8) is 0 Å². The molecule has 0 spiro atoms. The summed E-state index contributed by atoms with van der Waals surface area (Å²) in [6.07, 6.45) is -0.863. The van der Waals surface area contributed by atoms with Gasteiger partial charge in [0.25, 0.3) is 0 Å². The van der Waals surface area contributed by atoms with Gasteiger partial charge in [0.2, 0.25) is 0 Å². The van der Waals surface area contributed by atoms with Crippen LogP contribution in [0.15, 0.2) is 60.7 Å². The maximum atomic E-state index is 11.4. The molecular weight excluding hydrogens is 288 g/mol. The maximum Gasteiger partial charge on any atom is 0.407 e. The first-order chi connectivity index (χ1) is 11.1. The van der Waals surface area contributed by atoms with Crippen molar-refractivity contribution in [3.8, 4) is 0 Å². The molecule has 1 aliphatic rings. The Morgan fingerprint density at radius 2 is 1.70 bits per heavy atom. The number of benzene rings is 2. The van der Waals surface area contributed by atoms with Gasteiger partial charge in [0.15, 0.2) is 0 Å². The van der Waals surface area contributed by atoms with Gasteiger partial charge in [-0.2, -0.15) is 0 Å². The molecule has 1 heterocycles. The summed E-state index contributed by atoms with van der Waals surface area (Å²) in [4.78, 5) is 15.2. The van der Waals surface area contributed by atoms with Gasteiger partial charge in [-0.3, -0.25) is 4.90 Å². The van der Waals surface area contributed by atoms with Gasteiger partial charge in [0.1, 0.15) is 0 Å². The standard InChI is InChI=1S/C19H22N2O2/c1-20(19(22)23)18-14-21(12-15-8-4-2-5-9-15)13-17(18)16-10-6-3-7-11-16/h2-11,17-18H,12-14H2,1H3,(H,22,23). The molecule has 0 aliphatic carbocycles. The Morgan fingerprint density at radius 3 is 2.30 bits per heavy atom. The molecule has 2 atom stereocenters. The predicted molar refractivity (Wildman–Crippen MR) is 90.5 cm³/mol. The van der Waals surface area contributed by atoms with E-state index in [0.717, 1.165) is 19.6 Å². The van der Waals surface area contributed by atoms with Crippen LogP contribution in [0.4, 0.5) is 4.79 Å². The number of amides is 1. The first-order valence-electron chi connectivity index (χ1n) is 7.92. The molecule has 0 saturated carbocycles. The second-order valence-corrected chi connectivity index (χ2v) is 6.16. The van der Waals surface area contributed by atoms with Crippen LogP contribution in [0.25, 0.3) is 0 Å². The topological polar surface area (TPSA) is 43.8 Å². The lowest BCUT2D eigenvalue weighted by molar-refractivity contribution is 0.135. The van der Waals surface area contributed by atoms with Crippen molar-refractivity contribution in [2.75, 3.05) is 20.1 Å². The van der Waals surface area contributed by atoms with E-state index in [0.29, 0.717) is 0 Å². The summed E-state index contributed by atoms with van der Waals surface area (Å²) in [5.74, 6) is 0.209. The monoisotopic (exact) mass is 310 g/mol. The van der Waals surface area contributed by atoms with Gasteiger partial charge in [0.05, 0.1) is 6.04 Å². The molecular formula is C19H22N2O2. The molecule has 0 bridgehead atoms. The van der Waals surface area contributed by atoms with E-state index in [9.17, 15) is 9.90 Å². The maximum absolute atomic E-state index is 11.4. The van der Waals surface area contributed by atoms with E-state index in [1.807, 2.05) is 36.4 Å². The second kappa shape index (κ2) is 6.84. The summed E-state index contributed by atoms with van der Waals surface area (Å²) in [5, 5.41) is 9.39. The van der Waals surface area contributed by atoms with E-state index in [1.165, 1.54) is 16.0 Å². The molecule has 1 fully saturated rings. The molecule has 2 aromatic carbocycles. The number of carbonyl (C=O) groups is 1. The summed E-state index contributed by atoms with van der Waals surface area (Å²) in [7, 11) is 1.68. The first-order valence-corrected chi connectivity index (χ1v) is 7.92. The number of nitrogens with zero attached hydrogens (tertiary/aromatic N) is 2. The summed E-state index contributed by atoms with van der Waals surface area (Å²) in [5.41, 5.74) is 2.47. The van der Waals surface area contributed by atoms with Crippen molar-refractivity contribution in [2.45, 2.75) is 18.5 Å². The minimum Gasteiger partial charge on any atom is -0.465 e. The Bertz CT molecular complexity index is 645. The average Bonchev–Trinajstić information content (AvgIpc) is 2.99. The van der Waals surface area contributed by atoms with Gasteiger partial charge in [-0.15, -0.1) is 0 Å². The zero-order valence-electron chi connectivity index (χ0n) is 13.3. The largest absolute Gasteiger partial charge is 0.465 e. The zero-order chi connectivity index (χ0) is 16.2. The Kier molecular flexibility index (Phi) is 4.63. The molecule has 120 valence electrons. The van der Waals surface area contributed by atoms with Crippen LogP contribution in [0.5, 0.6) is 0 Å². The Hall–Kier alpha value is -2.33. The van der Waals surface area contributed by atoms with Crippen LogP contribution < -0.4 is 0 Å². The Labute approximate surface area is 137 Å². The van der Waals surface area contributed by atoms with Gasteiger partial charge in [-0.25, -0.2) is 4.79 Å². The number of hydrogen-bond acceptors (Lipinski definition) is 2. The molecule has 2 unspecified atom stereocenters. The van der Waals surface area contributed by atoms with Crippen molar-refractivity contribution >= 4 is 6.09 Å². The third-order valence-electron chi connectivity index (χ3n) is 4.64. The number of likely N-dealkylation sites (tertiary alicyclic amines) is 1. The summed E-state index contributed by atoms with van der Waals surface area (Å²) >= 11 is 0. The van der Waals surface area contributed by atoms with Gasteiger partial charge in [0, 0.05) is 32.6 Å². The van der Waals surface area contributed by atoms with Crippen molar-refractivity contribution in [3.05, 3.63) is 71.8 Å². The molecule has 23 heavy (non-hydrogen) atoms. The van der Waals surface area contributed by atoms with Crippen LogP contribution in [-0.2, 0) is 6.54 Å². The number of rotatable bonds is 4. The lowest BCUT2D eigenvalue weighted by Crippen LogP contribution is -2.40. The highest BCUT2D eigenvalue weighted by molar-refractivity contribution is 5.65. The predicted octanol–water partition coefficient (Wildman–Crippen LogP) is 3.26. The van der Waals surface area contributed by atoms with Gasteiger partial charge in [-0.1, -0.05) is 60.7 Å². The molecule has 0 radical (unpaired) electrons. The van der Waals surface area contributed by atoms with E-state index < -0.39 is 6.09 Å². The number of hydrogen-bond donors (Lipinski definition) is 1. The van der Waals surface area contributed by atoms with E-state index in [4.69, 9.17) is 0 Å². The fourth-order valence-electron chi connectivity index (χ4n) is 3.40. The van der Waals surface area contributed by atoms with Crippen LogP contribution in [-0.4, -0.2) is 47.2 Å². The quantitative estimate of drug-likeness (QED) is 0.942. The lowest BCUT2D eigenvalue weighted by Gasteiger charge is -2.26. The van der Waals surface area contributed by atoms with E-state index in [1.54, 1.807) is 7.05 Å². The molecule has 1 aliphatic heterocycles. The van der Waals surface area contributed by atoms with Gasteiger partial charge < -0.3 is 10.0 Å². The Morgan fingerprint density at radius 1 is 1.09 bits per heavy atom. The zero-order valence-corrected chi connectivity index (χ0v) is 13.3. The molecule has 0 aromatic heterocycles. The van der Waals surface area contributed by atoms with E-state index >= 15 is 0 Å². The average molecular weight is 310 g/mol. The number of carboxylic acid groups (broad SMARTS) is 1. The SMILES string of the molecule is CN(C(=O)O)C1CN(Cc2ccccc2)CC1c1ccccc1. The first kappa shape index (κ1) is 15.6. The summed E-state index contributed by atoms with van der Waals surface area (Å²) in [6, 6.07) is 20.5. The van der Waals surface area contributed by atoms with Gasteiger partial charge >= 0.3 is 6.09 Å². The smallest absolute Gasteiger partial charge is 0.407 e. The van der Waals surface area contributed by atoms with Crippen LogP contribution in [0, 0.1) is 0 Å². The van der Waals surface area contributed by atoms with Crippen LogP contribution >= 0.6 is 0 Å². The fraction of sp³-hybridized carbons (Fsp3) is 0.316. The third kappa shape index (κ3) is 3.54. The summed E-state index contributed by atoms with van der Waals surface area (Å²) in [6.45, 7) is 2.49. The van der Waals surface area contributed by atoms with Crippen molar-refractivity contribution in [1.29, 1.82) is 0 Å². The normalized spacial score (nSPS) is 21.3. The lowest BCUT2D eigenvalue weighted by atomic mass is 9.94. The van der Waals surface area contributed by atoms with Crippen LogP contribution in [0.1, 0.15) is 17.0 Å². The molecule has 1 amide bonds. The molecule has 1 N–H and O–H groups in total. The van der Waals surface area contributed by atoms with Crippen LogP contribution in [0.2, 0.25) is 0 Å². The molecule has 1 saturated heterocycles. The number of likely N-dealkylation sites (N-methyl/N-ethyl adjacent to an activating group) is 1. The van der Waals surface area contributed by atoms with E-state index in [2.05, 4.69) is 29.2 Å². The van der Waals surface area contributed by atoms with Crippen molar-refractivity contribution in [2.24, 2.45) is 0 Å². The van der Waals surface area contributed by atoms with Crippen molar-refractivity contribution in [1.82, 2.24) is 9.80 Å². The minimum absolute atomic E-state index is 0.0152. The highest BCUT2D eigenvalue weighted by Crippen LogP contribution is 2.31. The molecule has 4 heteroatoms. The van der Waals surface area contributed by atoms with Gasteiger partial charge in [-0.05, 0) is 11.1 Å². The minimum atomic E-state index is -0.863. The summed E-state index contributed by atoms with van der Waals surface area (Å²) < 4.78 is 0. The fourth-order valence-corrected chi connectivity index (χ4v) is 3.40. The van der Waals surface area contributed by atoms with E-state index in [-0.39, 0.29) is 12.0 Å². The van der Waals surface area contributed by atoms with Crippen molar-refractivity contribution < 1.29 is 9.90 Å². The molecule has 3 rings (SSSR count).